The highest BCUT2D eigenvalue weighted by Crippen LogP contribution is 2.32. The Balaban J connectivity index is 1.41. The van der Waals surface area contributed by atoms with Crippen LogP contribution in [0.4, 0.5) is 10.6 Å². The van der Waals surface area contributed by atoms with E-state index in [1.807, 2.05) is 48.7 Å². The molecule has 0 bridgehead atoms. The number of carbonyl (C=O) groups excluding carboxylic acids is 3. The average Bonchev–Trinajstić information content (AvgIpc) is 3.42. The second-order valence-corrected chi connectivity index (χ2v) is 8.67. The zero-order chi connectivity index (χ0) is 21.1. The molecule has 30 heavy (non-hydrogen) atoms. The summed E-state index contributed by atoms with van der Waals surface area (Å²) in [5.41, 5.74) is 2.19. The zero-order valence-corrected chi connectivity index (χ0v) is 17.7. The third-order valence-corrected chi connectivity index (χ3v) is 6.12. The average molecular weight is 439 g/mol. The van der Waals surface area contributed by atoms with E-state index >= 15 is 0 Å². The summed E-state index contributed by atoms with van der Waals surface area (Å²) in [6.45, 7) is 2.16. The third-order valence-electron chi connectivity index (χ3n) is 4.39. The Bertz CT molecular complexity index is 1130. The van der Waals surface area contributed by atoms with E-state index in [1.165, 1.54) is 11.3 Å². The molecule has 0 radical (unpaired) electrons. The van der Waals surface area contributed by atoms with Gasteiger partial charge in [0.2, 0.25) is 5.91 Å². The van der Waals surface area contributed by atoms with Gasteiger partial charge in [-0.3, -0.25) is 19.3 Å². The predicted octanol–water partition coefficient (Wildman–Crippen LogP) is 3.98. The first-order valence-corrected chi connectivity index (χ1v) is 10.9. The number of aromatic nitrogens is 2. The van der Waals surface area contributed by atoms with Gasteiger partial charge in [-0.15, -0.1) is 11.3 Å². The predicted molar refractivity (Wildman–Crippen MR) is 118 cm³/mol. The van der Waals surface area contributed by atoms with Crippen molar-refractivity contribution in [2.24, 2.45) is 0 Å². The number of thiophene rings is 1. The number of imide groups is 1. The van der Waals surface area contributed by atoms with Crippen molar-refractivity contribution in [1.29, 1.82) is 0 Å². The molecule has 7 nitrogen and oxygen atoms in total. The summed E-state index contributed by atoms with van der Waals surface area (Å²) < 4.78 is 1.66. The largest absolute Gasteiger partial charge is 0.309 e. The first kappa shape index (κ1) is 20.1. The maximum Gasteiger partial charge on any atom is 0.294 e. The van der Waals surface area contributed by atoms with Gasteiger partial charge in [0.25, 0.3) is 11.1 Å². The van der Waals surface area contributed by atoms with Crippen LogP contribution in [0, 0.1) is 6.92 Å². The molecule has 1 aliphatic heterocycles. The smallest absolute Gasteiger partial charge is 0.294 e. The molecule has 3 aromatic rings. The first-order valence-electron chi connectivity index (χ1n) is 9.16. The van der Waals surface area contributed by atoms with Gasteiger partial charge in [-0.1, -0.05) is 35.9 Å². The van der Waals surface area contributed by atoms with Crippen LogP contribution in [0.3, 0.4) is 0 Å². The van der Waals surface area contributed by atoms with Gasteiger partial charge in [0.15, 0.2) is 0 Å². The first-order chi connectivity index (χ1) is 14.5. The van der Waals surface area contributed by atoms with Crippen molar-refractivity contribution in [3.05, 3.63) is 75.0 Å². The van der Waals surface area contributed by atoms with E-state index in [9.17, 15) is 14.4 Å². The molecule has 1 aromatic carbocycles. The molecule has 1 aliphatic rings. The van der Waals surface area contributed by atoms with Crippen molar-refractivity contribution in [3.8, 4) is 0 Å². The number of nitrogens with zero attached hydrogens (tertiary/aromatic N) is 3. The lowest BCUT2D eigenvalue weighted by Crippen LogP contribution is -2.36. The van der Waals surface area contributed by atoms with Crippen molar-refractivity contribution in [2.75, 3.05) is 11.9 Å². The molecule has 0 spiro atoms. The number of thioether (sulfide) groups is 1. The number of rotatable bonds is 6. The van der Waals surface area contributed by atoms with E-state index in [1.54, 1.807) is 23.0 Å². The number of anilines is 1. The maximum absolute atomic E-state index is 12.5. The molecular weight excluding hydrogens is 420 g/mol. The lowest BCUT2D eigenvalue weighted by Gasteiger charge is -2.13. The van der Waals surface area contributed by atoms with Gasteiger partial charge in [0.1, 0.15) is 12.4 Å². The van der Waals surface area contributed by atoms with Gasteiger partial charge in [0.05, 0.1) is 17.6 Å². The molecule has 152 valence electrons. The normalized spacial score (nSPS) is 15.2. The monoisotopic (exact) mass is 438 g/mol. The van der Waals surface area contributed by atoms with Crippen LogP contribution in [-0.4, -0.2) is 38.3 Å². The summed E-state index contributed by atoms with van der Waals surface area (Å²) in [4.78, 5) is 39.5. The van der Waals surface area contributed by atoms with Crippen LogP contribution >= 0.6 is 23.1 Å². The lowest BCUT2D eigenvalue weighted by atomic mass is 10.1. The second kappa shape index (κ2) is 8.68. The van der Waals surface area contributed by atoms with E-state index in [0.29, 0.717) is 17.3 Å². The van der Waals surface area contributed by atoms with E-state index < -0.39 is 17.1 Å². The highest BCUT2D eigenvalue weighted by Gasteiger charge is 2.36. The zero-order valence-electron chi connectivity index (χ0n) is 16.1. The quantitative estimate of drug-likeness (QED) is 0.589. The fourth-order valence-corrected chi connectivity index (χ4v) is 4.57. The fraction of sp³-hybridized carbons (Fsp3) is 0.143. The minimum atomic E-state index is -0.458. The summed E-state index contributed by atoms with van der Waals surface area (Å²) in [5.74, 6) is -0.412. The van der Waals surface area contributed by atoms with Crippen LogP contribution < -0.4 is 5.32 Å². The molecule has 0 atom stereocenters. The summed E-state index contributed by atoms with van der Waals surface area (Å²) >= 11 is 2.32. The van der Waals surface area contributed by atoms with E-state index in [2.05, 4.69) is 10.4 Å². The number of hydrogen-bond donors (Lipinski definition) is 1. The van der Waals surface area contributed by atoms with E-state index in [4.69, 9.17) is 0 Å². The molecule has 0 unspecified atom stereocenters. The number of benzene rings is 1. The molecule has 2 aromatic heterocycles. The van der Waals surface area contributed by atoms with Crippen molar-refractivity contribution in [1.82, 2.24) is 14.7 Å². The van der Waals surface area contributed by atoms with E-state index in [-0.39, 0.29) is 6.54 Å². The second-order valence-electron chi connectivity index (χ2n) is 6.69. The third kappa shape index (κ3) is 4.52. The summed E-state index contributed by atoms with van der Waals surface area (Å²) in [5, 5.41) is 8.43. The molecular formula is C21H18N4O3S2. The number of aryl methyl sites for hydroxylation is 1. The number of amides is 3. The van der Waals surface area contributed by atoms with Gasteiger partial charge < -0.3 is 5.32 Å². The van der Waals surface area contributed by atoms with Crippen molar-refractivity contribution >= 4 is 52.0 Å². The summed E-state index contributed by atoms with van der Waals surface area (Å²) in [6, 6.07) is 13.4. The topological polar surface area (TPSA) is 84.3 Å². The standard InChI is InChI=1S/C21H18N4O3S2/c1-14-4-2-5-15(10-14)12-25-18(7-8-22-25)23-19(26)13-24-20(27)17(30-21(24)28)11-16-6-3-9-29-16/h2-11H,12-13H2,1H3,(H,23,26). The number of nitrogens with one attached hydrogen (secondary N) is 1. The fourth-order valence-electron chi connectivity index (χ4n) is 3.01. The Kier molecular flexibility index (Phi) is 5.82. The maximum atomic E-state index is 12.5. The molecule has 3 heterocycles. The van der Waals surface area contributed by atoms with Crippen LogP contribution in [0.15, 0.2) is 58.9 Å². The number of hydrogen-bond acceptors (Lipinski definition) is 6. The highest BCUT2D eigenvalue weighted by atomic mass is 32.2. The Morgan fingerprint density at radius 1 is 1.20 bits per heavy atom. The summed E-state index contributed by atoms with van der Waals surface area (Å²) in [6.07, 6.45) is 3.26. The molecule has 4 rings (SSSR count). The molecule has 3 amide bonds. The van der Waals surface area contributed by atoms with Crippen molar-refractivity contribution in [2.45, 2.75) is 13.5 Å². The minimum absolute atomic E-state index is 0.319. The highest BCUT2D eigenvalue weighted by molar-refractivity contribution is 8.18. The van der Waals surface area contributed by atoms with Crippen LogP contribution in [-0.2, 0) is 16.1 Å². The lowest BCUT2D eigenvalue weighted by molar-refractivity contribution is -0.127. The Morgan fingerprint density at radius 3 is 2.83 bits per heavy atom. The van der Waals surface area contributed by atoms with E-state index in [0.717, 1.165) is 32.7 Å². The van der Waals surface area contributed by atoms with Crippen LogP contribution in [0.5, 0.6) is 0 Å². The Hall–Kier alpha value is -3.17. The van der Waals surface area contributed by atoms with Crippen molar-refractivity contribution in [3.63, 3.8) is 0 Å². The van der Waals surface area contributed by atoms with Gasteiger partial charge in [-0.25, -0.2) is 4.68 Å². The van der Waals surface area contributed by atoms with Gasteiger partial charge >= 0.3 is 0 Å². The van der Waals surface area contributed by atoms with Crippen LogP contribution in [0.1, 0.15) is 16.0 Å². The van der Waals surface area contributed by atoms with Crippen LogP contribution in [0.2, 0.25) is 0 Å². The summed E-state index contributed by atoms with van der Waals surface area (Å²) in [7, 11) is 0. The van der Waals surface area contributed by atoms with Gasteiger partial charge in [-0.05, 0) is 41.8 Å². The molecule has 0 saturated carbocycles. The van der Waals surface area contributed by atoms with Crippen LogP contribution in [0.25, 0.3) is 6.08 Å². The molecule has 9 heteroatoms. The van der Waals surface area contributed by atoms with Gasteiger partial charge in [-0.2, -0.15) is 5.10 Å². The van der Waals surface area contributed by atoms with Crippen molar-refractivity contribution < 1.29 is 14.4 Å². The molecule has 1 fully saturated rings. The molecule has 0 aliphatic carbocycles. The Labute approximate surface area is 181 Å². The van der Waals surface area contributed by atoms with Gasteiger partial charge in [0, 0.05) is 10.9 Å². The Morgan fingerprint density at radius 2 is 2.07 bits per heavy atom. The molecule has 1 N–H and O–H groups in total. The number of carbonyl (C=O) groups is 3. The SMILES string of the molecule is Cc1cccc(Cn2nccc2NC(=O)CN2C(=O)SC(=Cc3cccs3)C2=O)c1. The molecule has 1 saturated heterocycles. The minimum Gasteiger partial charge on any atom is -0.309 e.